The van der Waals surface area contributed by atoms with Crippen LogP contribution in [-0.4, -0.2) is 38.4 Å². The zero-order valence-corrected chi connectivity index (χ0v) is 8.42. The zero-order valence-electron chi connectivity index (χ0n) is 8.42. The van der Waals surface area contributed by atoms with Crippen molar-refractivity contribution in [3.8, 4) is 0 Å². The number of rotatable bonds is 7. The largest absolute Gasteiger partial charge is 0.380 e. The first-order valence-electron chi connectivity index (χ1n) is 5.15. The molecule has 4 N–H and O–H groups in total. The minimum absolute atomic E-state index is 0.0636. The van der Waals surface area contributed by atoms with Gasteiger partial charge in [-0.15, -0.1) is 0 Å². The van der Waals surface area contributed by atoms with E-state index in [1.54, 1.807) is 0 Å². The van der Waals surface area contributed by atoms with Gasteiger partial charge >= 0.3 is 6.03 Å². The molecule has 0 bridgehead atoms. The van der Waals surface area contributed by atoms with Gasteiger partial charge in [0, 0.05) is 25.7 Å². The molecular weight excluding hydrogens is 182 g/mol. The van der Waals surface area contributed by atoms with Crippen molar-refractivity contribution < 1.29 is 9.53 Å². The highest BCUT2D eigenvalue weighted by Crippen LogP contribution is 2.18. The Morgan fingerprint density at radius 3 is 2.86 bits per heavy atom. The van der Waals surface area contributed by atoms with Crippen molar-refractivity contribution in [2.45, 2.75) is 25.3 Å². The molecule has 1 aliphatic rings. The molecule has 82 valence electrons. The first-order valence-corrected chi connectivity index (χ1v) is 5.15. The van der Waals surface area contributed by atoms with Crippen molar-refractivity contribution in [1.82, 2.24) is 10.6 Å². The van der Waals surface area contributed by atoms with E-state index >= 15 is 0 Å². The molecule has 0 aromatic carbocycles. The minimum atomic E-state index is -0.0636. The molecule has 0 atom stereocenters. The number of carbonyl (C=O) groups excluding carboxylic acids is 1. The molecule has 2 amide bonds. The van der Waals surface area contributed by atoms with E-state index in [1.165, 1.54) is 0 Å². The molecule has 0 aromatic rings. The SMILES string of the molecule is NCCOCCCNC(=O)NC1CC1. The molecule has 0 spiro atoms. The quantitative estimate of drug-likeness (QED) is 0.500. The standard InChI is InChI=1S/C9H19N3O2/c10-4-7-14-6-1-5-11-9(13)12-8-2-3-8/h8H,1-7,10H2,(H2,11,12,13). The van der Waals surface area contributed by atoms with Crippen molar-refractivity contribution in [3.63, 3.8) is 0 Å². The normalized spacial score (nSPS) is 15.2. The molecule has 14 heavy (non-hydrogen) atoms. The van der Waals surface area contributed by atoms with Crippen LogP contribution in [0.25, 0.3) is 0 Å². The van der Waals surface area contributed by atoms with E-state index in [4.69, 9.17) is 10.5 Å². The van der Waals surface area contributed by atoms with E-state index in [-0.39, 0.29) is 6.03 Å². The summed E-state index contributed by atoms with van der Waals surface area (Å²) >= 11 is 0. The molecule has 0 saturated heterocycles. The molecule has 1 fully saturated rings. The Bertz CT molecular complexity index is 171. The molecule has 5 heteroatoms. The van der Waals surface area contributed by atoms with Gasteiger partial charge in [-0.25, -0.2) is 4.79 Å². The molecular formula is C9H19N3O2. The number of nitrogens with one attached hydrogen (secondary N) is 2. The molecule has 1 aliphatic carbocycles. The third-order valence-corrected chi connectivity index (χ3v) is 1.93. The maximum Gasteiger partial charge on any atom is 0.315 e. The fraction of sp³-hybridized carbons (Fsp3) is 0.889. The third kappa shape index (κ3) is 5.77. The van der Waals surface area contributed by atoms with Crippen LogP contribution in [-0.2, 0) is 4.74 Å². The summed E-state index contributed by atoms with van der Waals surface area (Å²) in [6.07, 6.45) is 3.07. The van der Waals surface area contributed by atoms with Gasteiger partial charge in [0.05, 0.1) is 6.61 Å². The Morgan fingerprint density at radius 1 is 1.43 bits per heavy atom. The zero-order chi connectivity index (χ0) is 10.2. The van der Waals surface area contributed by atoms with Gasteiger partial charge in [-0.2, -0.15) is 0 Å². The Morgan fingerprint density at radius 2 is 2.21 bits per heavy atom. The van der Waals surface area contributed by atoms with E-state index in [9.17, 15) is 4.79 Å². The van der Waals surface area contributed by atoms with Gasteiger partial charge in [-0.05, 0) is 19.3 Å². The Kier molecular flexibility index (Phi) is 5.32. The maximum absolute atomic E-state index is 11.1. The van der Waals surface area contributed by atoms with Gasteiger partial charge in [0.1, 0.15) is 0 Å². The lowest BCUT2D eigenvalue weighted by atomic mass is 10.4. The van der Waals surface area contributed by atoms with Crippen LogP contribution < -0.4 is 16.4 Å². The highest BCUT2D eigenvalue weighted by molar-refractivity contribution is 5.74. The van der Waals surface area contributed by atoms with Crippen LogP contribution in [0.2, 0.25) is 0 Å². The summed E-state index contributed by atoms with van der Waals surface area (Å²) in [6.45, 7) is 2.45. The van der Waals surface area contributed by atoms with Crippen LogP contribution in [0.15, 0.2) is 0 Å². The summed E-state index contributed by atoms with van der Waals surface area (Å²) in [4.78, 5) is 11.1. The number of carbonyl (C=O) groups is 1. The van der Waals surface area contributed by atoms with Crippen molar-refractivity contribution in [2.24, 2.45) is 5.73 Å². The highest BCUT2D eigenvalue weighted by Gasteiger charge is 2.22. The Hall–Kier alpha value is -0.810. The second-order valence-electron chi connectivity index (χ2n) is 3.43. The van der Waals surface area contributed by atoms with Crippen molar-refractivity contribution in [2.75, 3.05) is 26.3 Å². The molecule has 0 radical (unpaired) electrons. The lowest BCUT2D eigenvalue weighted by molar-refractivity contribution is 0.139. The fourth-order valence-electron chi connectivity index (χ4n) is 1.03. The number of hydrogen-bond donors (Lipinski definition) is 3. The third-order valence-electron chi connectivity index (χ3n) is 1.93. The van der Waals surface area contributed by atoms with Crippen LogP contribution in [0.3, 0.4) is 0 Å². The predicted octanol–water partition coefficient (Wildman–Crippen LogP) is -0.187. The number of ether oxygens (including phenoxy) is 1. The van der Waals surface area contributed by atoms with Crippen LogP contribution in [0, 0.1) is 0 Å². The Labute approximate surface area is 84.4 Å². The van der Waals surface area contributed by atoms with Gasteiger partial charge in [-0.1, -0.05) is 0 Å². The van der Waals surface area contributed by atoms with E-state index in [0.717, 1.165) is 19.3 Å². The molecule has 0 heterocycles. The summed E-state index contributed by atoms with van der Waals surface area (Å²) in [6, 6.07) is 0.356. The van der Waals surface area contributed by atoms with Gasteiger partial charge in [0.25, 0.3) is 0 Å². The van der Waals surface area contributed by atoms with E-state index in [0.29, 0.717) is 32.3 Å². The molecule has 1 rings (SSSR count). The molecule has 5 nitrogen and oxygen atoms in total. The predicted molar refractivity (Wildman–Crippen MR) is 54.0 cm³/mol. The van der Waals surface area contributed by atoms with Crippen molar-refractivity contribution in [1.29, 1.82) is 0 Å². The monoisotopic (exact) mass is 201 g/mol. The fourth-order valence-corrected chi connectivity index (χ4v) is 1.03. The highest BCUT2D eigenvalue weighted by atomic mass is 16.5. The molecule has 0 aromatic heterocycles. The minimum Gasteiger partial charge on any atom is -0.380 e. The Balaban J connectivity index is 1.80. The van der Waals surface area contributed by atoms with Gasteiger partial charge in [0.15, 0.2) is 0 Å². The summed E-state index contributed by atoms with van der Waals surface area (Å²) in [5, 5.41) is 5.61. The number of nitrogens with two attached hydrogens (primary N) is 1. The van der Waals surface area contributed by atoms with Gasteiger partial charge in [-0.3, -0.25) is 0 Å². The number of urea groups is 1. The topological polar surface area (TPSA) is 76.4 Å². The second kappa shape index (κ2) is 6.62. The maximum atomic E-state index is 11.1. The lowest BCUT2D eigenvalue weighted by Crippen LogP contribution is -2.37. The number of hydrogen-bond acceptors (Lipinski definition) is 3. The van der Waals surface area contributed by atoms with Crippen molar-refractivity contribution >= 4 is 6.03 Å². The van der Waals surface area contributed by atoms with Crippen LogP contribution in [0.5, 0.6) is 0 Å². The molecule has 0 unspecified atom stereocenters. The first-order chi connectivity index (χ1) is 6.83. The second-order valence-corrected chi connectivity index (χ2v) is 3.43. The van der Waals surface area contributed by atoms with E-state index in [2.05, 4.69) is 10.6 Å². The van der Waals surface area contributed by atoms with E-state index in [1.807, 2.05) is 0 Å². The molecule has 0 aliphatic heterocycles. The van der Waals surface area contributed by atoms with Crippen LogP contribution in [0.4, 0.5) is 4.79 Å². The van der Waals surface area contributed by atoms with Gasteiger partial charge < -0.3 is 21.1 Å². The van der Waals surface area contributed by atoms with Crippen LogP contribution >= 0.6 is 0 Å². The lowest BCUT2D eigenvalue weighted by Gasteiger charge is -2.06. The van der Waals surface area contributed by atoms with Crippen LogP contribution in [0.1, 0.15) is 19.3 Å². The smallest absolute Gasteiger partial charge is 0.315 e. The van der Waals surface area contributed by atoms with Crippen molar-refractivity contribution in [3.05, 3.63) is 0 Å². The average Bonchev–Trinajstić information content (AvgIpc) is 2.95. The summed E-state index contributed by atoms with van der Waals surface area (Å²) in [5.41, 5.74) is 5.25. The average molecular weight is 201 g/mol. The summed E-state index contributed by atoms with van der Waals surface area (Å²) < 4.78 is 5.16. The summed E-state index contributed by atoms with van der Waals surface area (Å²) in [5.74, 6) is 0. The van der Waals surface area contributed by atoms with E-state index < -0.39 is 0 Å². The molecule has 1 saturated carbocycles. The first kappa shape index (κ1) is 11.3. The summed E-state index contributed by atoms with van der Waals surface area (Å²) in [7, 11) is 0. The van der Waals surface area contributed by atoms with Gasteiger partial charge in [0.2, 0.25) is 0 Å². The number of amides is 2.